The van der Waals surface area contributed by atoms with Gasteiger partial charge in [0.25, 0.3) is 0 Å². The van der Waals surface area contributed by atoms with E-state index in [-0.39, 0.29) is 6.04 Å². The highest BCUT2D eigenvalue weighted by Crippen LogP contribution is 2.26. The summed E-state index contributed by atoms with van der Waals surface area (Å²) in [6.45, 7) is 3.14. The van der Waals surface area contributed by atoms with Crippen molar-refractivity contribution in [2.24, 2.45) is 5.73 Å². The van der Waals surface area contributed by atoms with E-state index in [9.17, 15) is 0 Å². The number of hydrogen-bond donors (Lipinski definition) is 1. The number of allylic oxidation sites excluding steroid dienone is 1. The molecule has 0 bridgehead atoms. The third-order valence-electron chi connectivity index (χ3n) is 2.56. The Hall–Kier alpha value is -1.16. The van der Waals surface area contributed by atoms with Gasteiger partial charge in [-0.2, -0.15) is 0 Å². The quantitative estimate of drug-likeness (QED) is 0.728. The number of hydrogen-bond acceptors (Lipinski definition) is 3. The van der Waals surface area contributed by atoms with Crippen LogP contribution >= 0.6 is 0 Å². The molecule has 0 amide bonds. The van der Waals surface area contributed by atoms with Crippen LogP contribution in [0.3, 0.4) is 0 Å². The van der Waals surface area contributed by atoms with E-state index in [1.165, 1.54) is 0 Å². The van der Waals surface area contributed by atoms with Gasteiger partial charge >= 0.3 is 0 Å². The summed E-state index contributed by atoms with van der Waals surface area (Å²) in [5.41, 5.74) is 5.81. The van der Waals surface area contributed by atoms with E-state index in [1.54, 1.807) is 6.33 Å². The lowest BCUT2D eigenvalue weighted by molar-refractivity contribution is 0.592. The van der Waals surface area contributed by atoms with E-state index in [2.05, 4.69) is 33.8 Å². The maximum Gasteiger partial charge on any atom is 0.139 e. The summed E-state index contributed by atoms with van der Waals surface area (Å²) >= 11 is 0. The molecule has 4 nitrogen and oxygen atoms in total. The van der Waals surface area contributed by atoms with E-state index < -0.39 is 0 Å². The molecule has 0 aromatic carbocycles. The van der Waals surface area contributed by atoms with Crippen LogP contribution in [-0.4, -0.2) is 20.8 Å². The van der Waals surface area contributed by atoms with Crippen molar-refractivity contribution < 1.29 is 0 Å². The zero-order valence-corrected chi connectivity index (χ0v) is 8.43. The molecular weight excluding hydrogens is 176 g/mol. The molecule has 2 atom stereocenters. The van der Waals surface area contributed by atoms with Gasteiger partial charge < -0.3 is 10.3 Å². The van der Waals surface area contributed by atoms with Crippen LogP contribution in [0.25, 0.3) is 0 Å². The van der Waals surface area contributed by atoms with Crippen molar-refractivity contribution in [1.82, 2.24) is 14.8 Å². The minimum absolute atomic E-state index is 0.187. The Labute approximate surface area is 83.8 Å². The van der Waals surface area contributed by atoms with Crippen LogP contribution in [0, 0.1) is 0 Å². The maximum atomic E-state index is 5.81. The molecule has 0 fully saturated rings. The van der Waals surface area contributed by atoms with E-state index in [0.29, 0.717) is 5.92 Å². The third kappa shape index (κ3) is 1.70. The van der Waals surface area contributed by atoms with Gasteiger partial charge in [-0.1, -0.05) is 19.1 Å². The molecule has 1 aliphatic carbocycles. The predicted octanol–water partition coefficient (Wildman–Crippen LogP) is 1.06. The number of nitrogens with zero attached hydrogens (tertiary/aromatic N) is 3. The predicted molar refractivity (Wildman–Crippen MR) is 54.8 cm³/mol. The Morgan fingerprint density at radius 3 is 3.07 bits per heavy atom. The molecule has 0 saturated carbocycles. The number of rotatable bonds is 3. The van der Waals surface area contributed by atoms with E-state index >= 15 is 0 Å². The summed E-state index contributed by atoms with van der Waals surface area (Å²) < 4.78 is 2.12. The molecule has 1 aromatic heterocycles. The molecule has 4 heteroatoms. The highest BCUT2D eigenvalue weighted by Gasteiger charge is 2.21. The monoisotopic (exact) mass is 192 g/mol. The Morgan fingerprint density at radius 2 is 2.43 bits per heavy atom. The van der Waals surface area contributed by atoms with Crippen molar-refractivity contribution in [3.8, 4) is 0 Å². The fourth-order valence-electron chi connectivity index (χ4n) is 1.88. The van der Waals surface area contributed by atoms with Gasteiger partial charge in [0.05, 0.1) is 0 Å². The van der Waals surface area contributed by atoms with Gasteiger partial charge in [-0.15, -0.1) is 10.2 Å². The first-order chi connectivity index (χ1) is 6.81. The summed E-state index contributed by atoms with van der Waals surface area (Å²) in [5, 5.41) is 8.11. The van der Waals surface area contributed by atoms with Crippen molar-refractivity contribution in [3.05, 3.63) is 24.3 Å². The molecule has 0 saturated heterocycles. The standard InChI is InChI=1S/C10H16N4/c1-2-5-14-7-12-13-10(14)8-3-4-9(11)6-8/h3-4,7-9H,2,5-6,11H2,1H3. The molecular formula is C10H16N4. The van der Waals surface area contributed by atoms with Crippen LogP contribution < -0.4 is 5.73 Å². The number of aryl methyl sites for hydroxylation is 1. The van der Waals surface area contributed by atoms with Gasteiger partial charge in [0.15, 0.2) is 0 Å². The molecule has 76 valence electrons. The average molecular weight is 192 g/mol. The lowest BCUT2D eigenvalue weighted by atomic mass is 10.1. The zero-order chi connectivity index (χ0) is 9.97. The first kappa shape index (κ1) is 9.40. The fourth-order valence-corrected chi connectivity index (χ4v) is 1.88. The van der Waals surface area contributed by atoms with Gasteiger partial charge in [0.1, 0.15) is 12.2 Å². The molecule has 0 radical (unpaired) electrons. The van der Waals surface area contributed by atoms with Gasteiger partial charge in [-0.05, 0) is 12.8 Å². The average Bonchev–Trinajstić information content (AvgIpc) is 2.74. The van der Waals surface area contributed by atoms with Gasteiger partial charge in [-0.3, -0.25) is 0 Å². The first-order valence-corrected chi connectivity index (χ1v) is 5.13. The maximum absolute atomic E-state index is 5.81. The lowest BCUT2D eigenvalue weighted by Gasteiger charge is -2.10. The Morgan fingerprint density at radius 1 is 1.57 bits per heavy atom. The molecule has 2 rings (SSSR count). The zero-order valence-electron chi connectivity index (χ0n) is 8.43. The minimum atomic E-state index is 0.187. The smallest absolute Gasteiger partial charge is 0.139 e. The summed E-state index contributed by atoms with van der Waals surface area (Å²) in [6.07, 6.45) is 8.06. The van der Waals surface area contributed by atoms with E-state index in [1.807, 2.05) is 0 Å². The molecule has 1 heterocycles. The van der Waals surface area contributed by atoms with Gasteiger partial charge in [0.2, 0.25) is 0 Å². The fraction of sp³-hybridized carbons (Fsp3) is 0.600. The van der Waals surface area contributed by atoms with Gasteiger partial charge in [-0.25, -0.2) is 0 Å². The largest absolute Gasteiger partial charge is 0.324 e. The second-order valence-electron chi connectivity index (χ2n) is 3.77. The van der Waals surface area contributed by atoms with E-state index in [4.69, 9.17) is 5.73 Å². The Bertz CT molecular complexity index is 329. The molecule has 2 N–H and O–H groups in total. The SMILES string of the molecule is CCCn1cnnc1C1C=CC(N)C1. The van der Waals surface area contributed by atoms with Crippen molar-refractivity contribution in [2.45, 2.75) is 38.3 Å². The van der Waals surface area contributed by atoms with Crippen molar-refractivity contribution in [2.75, 3.05) is 0 Å². The summed E-state index contributed by atoms with van der Waals surface area (Å²) in [6, 6.07) is 0.187. The van der Waals surface area contributed by atoms with Crippen molar-refractivity contribution in [1.29, 1.82) is 0 Å². The Kier molecular flexibility index (Phi) is 2.63. The van der Waals surface area contributed by atoms with Crippen molar-refractivity contribution in [3.63, 3.8) is 0 Å². The molecule has 14 heavy (non-hydrogen) atoms. The summed E-state index contributed by atoms with van der Waals surface area (Å²) in [4.78, 5) is 0. The van der Waals surface area contributed by atoms with Gasteiger partial charge in [0, 0.05) is 18.5 Å². The third-order valence-corrected chi connectivity index (χ3v) is 2.56. The number of aromatic nitrogens is 3. The first-order valence-electron chi connectivity index (χ1n) is 5.13. The molecule has 0 aliphatic heterocycles. The number of nitrogens with two attached hydrogens (primary N) is 1. The van der Waals surface area contributed by atoms with E-state index in [0.717, 1.165) is 25.2 Å². The molecule has 0 spiro atoms. The second-order valence-corrected chi connectivity index (χ2v) is 3.77. The van der Waals surface area contributed by atoms with Crippen LogP contribution in [0.15, 0.2) is 18.5 Å². The normalized spacial score (nSPS) is 25.9. The summed E-state index contributed by atoms with van der Waals surface area (Å²) in [5.74, 6) is 1.41. The molecule has 2 unspecified atom stereocenters. The van der Waals surface area contributed by atoms with Crippen molar-refractivity contribution >= 4 is 0 Å². The van der Waals surface area contributed by atoms with Crippen LogP contribution in [0.5, 0.6) is 0 Å². The van der Waals surface area contributed by atoms with Crippen LogP contribution in [0.4, 0.5) is 0 Å². The highest BCUT2D eigenvalue weighted by atomic mass is 15.3. The lowest BCUT2D eigenvalue weighted by Crippen LogP contribution is -2.16. The van der Waals surface area contributed by atoms with Crippen LogP contribution in [-0.2, 0) is 6.54 Å². The Balaban J connectivity index is 2.15. The molecule has 1 aromatic rings. The topological polar surface area (TPSA) is 56.7 Å². The minimum Gasteiger partial charge on any atom is -0.324 e. The summed E-state index contributed by atoms with van der Waals surface area (Å²) in [7, 11) is 0. The second kappa shape index (κ2) is 3.92. The van der Waals surface area contributed by atoms with Crippen LogP contribution in [0.2, 0.25) is 0 Å². The van der Waals surface area contributed by atoms with Crippen LogP contribution in [0.1, 0.15) is 31.5 Å². The molecule has 1 aliphatic rings. The highest BCUT2D eigenvalue weighted by molar-refractivity contribution is 5.16.